The maximum absolute atomic E-state index is 12.1. The molecule has 1 saturated heterocycles. The molecule has 6 nitrogen and oxygen atoms in total. The van der Waals surface area contributed by atoms with Gasteiger partial charge in [0.1, 0.15) is 18.4 Å². The monoisotopic (exact) mass is 346 g/mol. The Hall–Kier alpha value is -2.24. The molecule has 1 aliphatic heterocycles. The highest BCUT2D eigenvalue weighted by Crippen LogP contribution is 2.13. The number of guanidine groups is 1. The predicted molar refractivity (Wildman–Crippen MR) is 101 cm³/mol. The topological polar surface area (TPSA) is 66.0 Å². The summed E-state index contributed by atoms with van der Waals surface area (Å²) >= 11 is 0. The Morgan fingerprint density at radius 1 is 1.32 bits per heavy atom. The lowest BCUT2D eigenvalue weighted by molar-refractivity contribution is -0.128. The highest BCUT2D eigenvalue weighted by atomic mass is 16.5. The molecular formula is C19H30N4O2. The number of benzene rings is 1. The van der Waals surface area contributed by atoms with Crippen LogP contribution in [0.15, 0.2) is 29.3 Å². The number of hydrogen-bond donors (Lipinski definition) is 2. The molecule has 25 heavy (non-hydrogen) atoms. The number of ether oxygens (including phenoxy) is 1. The molecule has 1 atom stereocenters. The second-order valence-corrected chi connectivity index (χ2v) is 6.41. The van der Waals surface area contributed by atoms with Crippen LogP contribution >= 0.6 is 0 Å². The Balaban J connectivity index is 1.81. The van der Waals surface area contributed by atoms with Crippen molar-refractivity contribution >= 4 is 11.9 Å². The molecule has 138 valence electrons. The van der Waals surface area contributed by atoms with Gasteiger partial charge in [-0.1, -0.05) is 12.1 Å². The van der Waals surface area contributed by atoms with Crippen molar-refractivity contribution in [3.63, 3.8) is 0 Å². The van der Waals surface area contributed by atoms with Crippen LogP contribution in [0.1, 0.15) is 32.3 Å². The van der Waals surface area contributed by atoms with Crippen LogP contribution in [-0.2, 0) is 4.79 Å². The molecule has 1 amide bonds. The van der Waals surface area contributed by atoms with Gasteiger partial charge in [-0.2, -0.15) is 0 Å². The molecule has 0 bridgehead atoms. The molecule has 1 aromatic carbocycles. The highest BCUT2D eigenvalue weighted by molar-refractivity contribution is 5.85. The van der Waals surface area contributed by atoms with Crippen molar-refractivity contribution in [2.75, 3.05) is 32.7 Å². The van der Waals surface area contributed by atoms with E-state index in [0.717, 1.165) is 38.2 Å². The van der Waals surface area contributed by atoms with Gasteiger partial charge < -0.3 is 20.3 Å². The van der Waals surface area contributed by atoms with Crippen LogP contribution in [0.3, 0.4) is 0 Å². The number of nitrogens with one attached hydrogen (secondary N) is 2. The predicted octanol–water partition coefficient (Wildman–Crippen LogP) is 1.94. The zero-order chi connectivity index (χ0) is 18.1. The van der Waals surface area contributed by atoms with E-state index in [1.165, 1.54) is 5.56 Å². The molecule has 1 aliphatic rings. The van der Waals surface area contributed by atoms with Crippen LogP contribution in [0.2, 0.25) is 0 Å². The van der Waals surface area contributed by atoms with E-state index in [1.807, 2.05) is 49.9 Å². The first-order valence-electron chi connectivity index (χ1n) is 9.11. The van der Waals surface area contributed by atoms with E-state index in [-0.39, 0.29) is 18.6 Å². The van der Waals surface area contributed by atoms with Gasteiger partial charge in [0, 0.05) is 19.6 Å². The van der Waals surface area contributed by atoms with Gasteiger partial charge in [0.25, 0.3) is 0 Å². The maximum Gasteiger partial charge on any atom is 0.244 e. The van der Waals surface area contributed by atoms with Gasteiger partial charge in [-0.15, -0.1) is 0 Å². The molecular weight excluding hydrogens is 316 g/mol. The lowest BCUT2D eigenvalue weighted by atomic mass is 10.2. The third-order valence-corrected chi connectivity index (χ3v) is 4.06. The normalized spacial score (nSPS) is 15.8. The van der Waals surface area contributed by atoms with Crippen molar-refractivity contribution in [2.45, 2.75) is 39.7 Å². The molecule has 1 unspecified atom stereocenters. The third kappa shape index (κ3) is 6.64. The molecule has 2 N–H and O–H groups in total. The fourth-order valence-electron chi connectivity index (χ4n) is 2.76. The van der Waals surface area contributed by atoms with Crippen LogP contribution in [0, 0.1) is 6.92 Å². The number of hydrogen-bond acceptors (Lipinski definition) is 3. The summed E-state index contributed by atoms with van der Waals surface area (Å²) in [5.41, 5.74) is 1.17. The summed E-state index contributed by atoms with van der Waals surface area (Å²) in [6.07, 6.45) is 2.18. The molecule has 1 fully saturated rings. The molecule has 6 heteroatoms. The fourth-order valence-corrected chi connectivity index (χ4v) is 2.76. The molecule has 0 spiro atoms. The lowest BCUT2D eigenvalue weighted by Crippen LogP contribution is -2.42. The van der Waals surface area contributed by atoms with E-state index in [1.54, 1.807) is 0 Å². The number of carbonyl (C=O) groups is 1. The van der Waals surface area contributed by atoms with E-state index < -0.39 is 0 Å². The molecule has 0 saturated carbocycles. The number of aliphatic imine (C=N–C) groups is 1. The number of carbonyl (C=O) groups excluding carboxylic acids is 1. The molecule has 0 aliphatic carbocycles. The smallest absolute Gasteiger partial charge is 0.244 e. The highest BCUT2D eigenvalue weighted by Gasteiger charge is 2.17. The summed E-state index contributed by atoms with van der Waals surface area (Å²) in [6, 6.07) is 8.01. The molecule has 1 aromatic rings. The Bertz CT molecular complexity index is 583. The third-order valence-electron chi connectivity index (χ3n) is 4.06. The second-order valence-electron chi connectivity index (χ2n) is 6.41. The molecule has 2 rings (SSSR count). The van der Waals surface area contributed by atoms with Crippen LogP contribution in [-0.4, -0.2) is 55.6 Å². The van der Waals surface area contributed by atoms with Gasteiger partial charge in [-0.3, -0.25) is 4.79 Å². The summed E-state index contributed by atoms with van der Waals surface area (Å²) in [5, 5.41) is 6.41. The summed E-state index contributed by atoms with van der Waals surface area (Å²) in [4.78, 5) is 18.4. The summed E-state index contributed by atoms with van der Waals surface area (Å²) in [5.74, 6) is 1.61. The van der Waals surface area contributed by atoms with Gasteiger partial charge >= 0.3 is 0 Å². The average Bonchev–Trinajstić information content (AvgIpc) is 3.12. The van der Waals surface area contributed by atoms with Gasteiger partial charge in [0.05, 0.1) is 6.54 Å². The first kappa shape index (κ1) is 19.1. The number of rotatable bonds is 7. The van der Waals surface area contributed by atoms with Crippen LogP contribution < -0.4 is 15.4 Å². The summed E-state index contributed by atoms with van der Waals surface area (Å²) < 4.78 is 5.91. The van der Waals surface area contributed by atoms with Gasteiger partial charge in [0.2, 0.25) is 5.91 Å². The molecule has 0 aromatic heterocycles. The van der Waals surface area contributed by atoms with Crippen molar-refractivity contribution in [3.05, 3.63) is 29.8 Å². The Morgan fingerprint density at radius 3 is 2.76 bits per heavy atom. The number of nitrogens with zero attached hydrogens (tertiary/aromatic N) is 2. The van der Waals surface area contributed by atoms with E-state index in [4.69, 9.17) is 4.74 Å². The first-order chi connectivity index (χ1) is 12.1. The standard InChI is InChI=1S/C19H30N4O2/c1-4-20-19(22-14-18(24)23-10-5-6-11-23)21-13-16(3)25-17-9-7-8-15(2)12-17/h7-9,12,16H,4-6,10-11,13-14H2,1-3H3,(H2,20,21,22). The van der Waals surface area contributed by atoms with Crippen molar-refractivity contribution in [1.29, 1.82) is 0 Å². The maximum atomic E-state index is 12.1. The van der Waals surface area contributed by atoms with Crippen molar-refractivity contribution in [1.82, 2.24) is 15.5 Å². The largest absolute Gasteiger partial charge is 0.489 e. The quantitative estimate of drug-likeness (QED) is 0.585. The number of likely N-dealkylation sites (tertiary alicyclic amines) is 1. The minimum Gasteiger partial charge on any atom is -0.489 e. The van der Waals surface area contributed by atoms with Gasteiger partial charge in [0.15, 0.2) is 5.96 Å². The SMILES string of the molecule is CCNC(=NCC(=O)N1CCCC1)NCC(C)Oc1cccc(C)c1. The molecule has 0 radical (unpaired) electrons. The van der Waals surface area contributed by atoms with Gasteiger partial charge in [-0.25, -0.2) is 4.99 Å². The zero-order valence-corrected chi connectivity index (χ0v) is 15.5. The van der Waals surface area contributed by atoms with E-state index in [2.05, 4.69) is 15.6 Å². The Kier molecular flexibility index (Phi) is 7.57. The summed E-state index contributed by atoms with van der Waals surface area (Å²) in [7, 11) is 0. The average molecular weight is 346 g/mol. The second kappa shape index (κ2) is 9.91. The lowest BCUT2D eigenvalue weighted by Gasteiger charge is -2.18. The number of aryl methyl sites for hydroxylation is 1. The minimum atomic E-state index is -0.0139. The van der Waals surface area contributed by atoms with E-state index >= 15 is 0 Å². The van der Waals surface area contributed by atoms with Crippen molar-refractivity contribution in [3.8, 4) is 5.75 Å². The van der Waals surface area contributed by atoms with Crippen LogP contribution in [0.5, 0.6) is 5.75 Å². The van der Waals surface area contributed by atoms with Crippen molar-refractivity contribution in [2.24, 2.45) is 4.99 Å². The fraction of sp³-hybridized carbons (Fsp3) is 0.579. The first-order valence-corrected chi connectivity index (χ1v) is 9.11. The van der Waals surface area contributed by atoms with Gasteiger partial charge in [-0.05, 0) is 51.3 Å². The van der Waals surface area contributed by atoms with E-state index in [9.17, 15) is 4.79 Å². The minimum absolute atomic E-state index is 0.0139. The van der Waals surface area contributed by atoms with E-state index in [0.29, 0.717) is 12.5 Å². The van der Waals surface area contributed by atoms with Crippen LogP contribution in [0.25, 0.3) is 0 Å². The Morgan fingerprint density at radius 2 is 2.08 bits per heavy atom. The Labute approximate surface area is 150 Å². The van der Waals surface area contributed by atoms with Crippen LogP contribution in [0.4, 0.5) is 0 Å². The molecule has 1 heterocycles. The zero-order valence-electron chi connectivity index (χ0n) is 15.5. The summed E-state index contributed by atoms with van der Waals surface area (Å²) in [6.45, 7) is 9.32. The number of amides is 1. The van der Waals surface area contributed by atoms with Crippen molar-refractivity contribution < 1.29 is 9.53 Å².